The van der Waals surface area contributed by atoms with E-state index in [1.807, 2.05) is 7.05 Å². The molecule has 78 valence electrons. The van der Waals surface area contributed by atoms with Crippen LogP contribution in [0.4, 0.5) is 0 Å². The summed E-state index contributed by atoms with van der Waals surface area (Å²) in [6, 6.07) is 1.74. The van der Waals surface area contributed by atoms with Crippen LogP contribution in [0.1, 0.15) is 10.4 Å². The van der Waals surface area contributed by atoms with Crippen molar-refractivity contribution >= 4 is 28.5 Å². The highest BCUT2D eigenvalue weighted by atomic mass is 35.5. The van der Waals surface area contributed by atoms with Crippen molar-refractivity contribution in [3.8, 4) is 0 Å². The fraction of sp³-hybridized carbons (Fsp3) is 0.200. The lowest BCUT2D eigenvalue weighted by atomic mass is 10.2. The first kappa shape index (κ1) is 9.98. The van der Waals surface area contributed by atoms with Gasteiger partial charge in [0.2, 0.25) is 0 Å². The Morgan fingerprint density at radius 2 is 2.33 bits per heavy atom. The highest BCUT2D eigenvalue weighted by Crippen LogP contribution is 2.25. The van der Waals surface area contributed by atoms with Crippen LogP contribution in [-0.4, -0.2) is 22.6 Å². The van der Waals surface area contributed by atoms with E-state index in [0.717, 1.165) is 10.9 Å². The van der Waals surface area contributed by atoms with Gasteiger partial charge >= 0.3 is 5.97 Å². The second-order valence-corrected chi connectivity index (χ2v) is 3.50. The summed E-state index contributed by atoms with van der Waals surface area (Å²) >= 11 is 5.94. The molecule has 0 bridgehead atoms. The highest BCUT2D eigenvalue weighted by molar-refractivity contribution is 6.34. The summed E-state index contributed by atoms with van der Waals surface area (Å²) in [6.45, 7) is 0. The van der Waals surface area contributed by atoms with Crippen LogP contribution in [0.25, 0.3) is 10.9 Å². The summed E-state index contributed by atoms with van der Waals surface area (Å²) in [5.41, 5.74) is 1.24. The van der Waals surface area contributed by atoms with E-state index in [1.54, 1.807) is 23.0 Å². The molecule has 0 unspecified atom stereocenters. The normalized spacial score (nSPS) is 10.6. The van der Waals surface area contributed by atoms with Crippen molar-refractivity contribution in [2.45, 2.75) is 0 Å². The molecule has 4 nitrogen and oxygen atoms in total. The fourth-order valence-electron chi connectivity index (χ4n) is 1.58. The molecule has 2 aromatic rings. The molecule has 0 radical (unpaired) electrons. The number of pyridine rings is 1. The number of fused-ring (bicyclic) bond motifs is 1. The molecule has 0 spiro atoms. The molecule has 0 aliphatic heterocycles. The first-order valence-corrected chi connectivity index (χ1v) is 4.70. The van der Waals surface area contributed by atoms with Crippen molar-refractivity contribution < 1.29 is 9.53 Å². The first-order valence-electron chi connectivity index (χ1n) is 4.33. The summed E-state index contributed by atoms with van der Waals surface area (Å²) in [7, 11) is 3.16. The number of hydrogen-bond donors (Lipinski definition) is 0. The average molecular weight is 225 g/mol. The van der Waals surface area contributed by atoms with Gasteiger partial charge in [-0.3, -0.25) is 0 Å². The lowest BCUT2D eigenvalue weighted by molar-refractivity contribution is 0.0603. The van der Waals surface area contributed by atoms with Crippen molar-refractivity contribution in [2.24, 2.45) is 7.05 Å². The largest absolute Gasteiger partial charge is 0.465 e. The van der Waals surface area contributed by atoms with Crippen LogP contribution in [0.15, 0.2) is 18.5 Å². The van der Waals surface area contributed by atoms with E-state index in [-0.39, 0.29) is 5.97 Å². The summed E-state index contributed by atoms with van der Waals surface area (Å²) in [4.78, 5) is 15.4. The molecule has 0 amide bonds. The standard InChI is InChI=1S/C10H9ClN2O2/c1-13-5-7(10(14)15-2)6-3-4-12-9(11)8(6)13/h3-5H,1-2H3. The molecule has 0 aliphatic carbocycles. The molecule has 2 heterocycles. The molecule has 0 aliphatic rings. The number of ether oxygens (including phenoxy) is 1. The lowest BCUT2D eigenvalue weighted by Gasteiger charge is -1.97. The Hall–Kier alpha value is -1.55. The molecular weight excluding hydrogens is 216 g/mol. The SMILES string of the molecule is COC(=O)c1cn(C)c2c(Cl)nccc12. The second kappa shape index (κ2) is 3.55. The van der Waals surface area contributed by atoms with Gasteiger partial charge in [-0.25, -0.2) is 9.78 Å². The molecule has 0 fully saturated rings. The van der Waals surface area contributed by atoms with Gasteiger partial charge in [-0.15, -0.1) is 0 Å². The number of esters is 1. The zero-order valence-corrected chi connectivity index (χ0v) is 9.08. The number of methoxy groups -OCH3 is 1. The van der Waals surface area contributed by atoms with Gasteiger partial charge < -0.3 is 9.30 Å². The molecule has 0 aromatic carbocycles. The van der Waals surface area contributed by atoms with Gasteiger partial charge in [-0.05, 0) is 6.07 Å². The van der Waals surface area contributed by atoms with E-state index in [0.29, 0.717) is 10.7 Å². The Bertz CT molecular complexity index is 533. The van der Waals surface area contributed by atoms with Gasteiger partial charge in [0.05, 0.1) is 18.2 Å². The van der Waals surface area contributed by atoms with Crippen LogP contribution in [0.3, 0.4) is 0 Å². The van der Waals surface area contributed by atoms with Crippen LogP contribution < -0.4 is 0 Å². The summed E-state index contributed by atoms with van der Waals surface area (Å²) in [6.07, 6.45) is 3.25. The molecule has 5 heteroatoms. The number of rotatable bonds is 1. The van der Waals surface area contributed by atoms with E-state index in [4.69, 9.17) is 11.6 Å². The Morgan fingerprint density at radius 1 is 1.60 bits per heavy atom. The number of aromatic nitrogens is 2. The summed E-state index contributed by atoms with van der Waals surface area (Å²) < 4.78 is 6.44. The molecule has 2 aromatic heterocycles. The average Bonchev–Trinajstić information content (AvgIpc) is 2.56. The first-order chi connectivity index (χ1) is 7.15. The van der Waals surface area contributed by atoms with Crippen LogP contribution in [0.2, 0.25) is 5.15 Å². The predicted octanol–water partition coefficient (Wildman–Crippen LogP) is 2.01. The van der Waals surface area contributed by atoms with Gasteiger partial charge in [0.25, 0.3) is 0 Å². The zero-order valence-electron chi connectivity index (χ0n) is 8.32. The molecule has 0 saturated carbocycles. The number of hydrogen-bond acceptors (Lipinski definition) is 3. The third kappa shape index (κ3) is 1.47. The molecule has 0 atom stereocenters. The van der Waals surface area contributed by atoms with Crippen LogP contribution in [0.5, 0.6) is 0 Å². The van der Waals surface area contributed by atoms with Gasteiger partial charge in [0.15, 0.2) is 5.15 Å². The van der Waals surface area contributed by atoms with E-state index in [1.165, 1.54) is 7.11 Å². The topological polar surface area (TPSA) is 44.1 Å². The number of halogens is 1. The van der Waals surface area contributed by atoms with Crippen molar-refractivity contribution in [3.63, 3.8) is 0 Å². The Morgan fingerprint density at radius 3 is 3.00 bits per heavy atom. The Kier molecular flexibility index (Phi) is 2.36. The maximum Gasteiger partial charge on any atom is 0.340 e. The van der Waals surface area contributed by atoms with Crippen LogP contribution in [0, 0.1) is 0 Å². The van der Waals surface area contributed by atoms with Gasteiger partial charge in [0.1, 0.15) is 0 Å². The number of carbonyl (C=O) groups excluding carboxylic acids is 1. The molecule has 0 N–H and O–H groups in total. The summed E-state index contributed by atoms with van der Waals surface area (Å²) in [5.74, 6) is -0.372. The van der Waals surface area contributed by atoms with Gasteiger partial charge in [0, 0.05) is 24.8 Å². The van der Waals surface area contributed by atoms with Gasteiger partial charge in [-0.1, -0.05) is 11.6 Å². The lowest BCUT2D eigenvalue weighted by Crippen LogP contribution is -1.99. The van der Waals surface area contributed by atoms with E-state index in [9.17, 15) is 4.79 Å². The molecule has 15 heavy (non-hydrogen) atoms. The van der Waals surface area contributed by atoms with E-state index in [2.05, 4.69) is 9.72 Å². The fourth-order valence-corrected chi connectivity index (χ4v) is 1.87. The number of nitrogens with zero attached hydrogens (tertiary/aromatic N) is 2. The van der Waals surface area contributed by atoms with Crippen molar-refractivity contribution in [3.05, 3.63) is 29.2 Å². The molecule has 2 rings (SSSR count). The third-order valence-electron chi connectivity index (χ3n) is 2.25. The molecule has 0 saturated heterocycles. The molecular formula is C10H9ClN2O2. The quantitative estimate of drug-likeness (QED) is 0.550. The van der Waals surface area contributed by atoms with Crippen LogP contribution >= 0.6 is 11.6 Å². The van der Waals surface area contributed by atoms with E-state index >= 15 is 0 Å². The maximum absolute atomic E-state index is 11.5. The Labute approximate surface area is 91.4 Å². The van der Waals surface area contributed by atoms with Gasteiger partial charge in [-0.2, -0.15) is 0 Å². The summed E-state index contributed by atoms with van der Waals surface area (Å²) in [5, 5.41) is 1.13. The zero-order chi connectivity index (χ0) is 11.0. The minimum Gasteiger partial charge on any atom is -0.465 e. The Balaban J connectivity index is 2.79. The van der Waals surface area contributed by atoms with Crippen LogP contribution in [-0.2, 0) is 11.8 Å². The maximum atomic E-state index is 11.5. The second-order valence-electron chi connectivity index (χ2n) is 3.14. The minimum atomic E-state index is -0.372. The monoisotopic (exact) mass is 224 g/mol. The smallest absolute Gasteiger partial charge is 0.340 e. The minimum absolute atomic E-state index is 0.372. The number of carbonyl (C=O) groups is 1. The highest BCUT2D eigenvalue weighted by Gasteiger charge is 2.15. The third-order valence-corrected chi connectivity index (χ3v) is 2.53. The van der Waals surface area contributed by atoms with Crippen molar-refractivity contribution in [1.29, 1.82) is 0 Å². The van der Waals surface area contributed by atoms with E-state index < -0.39 is 0 Å². The van der Waals surface area contributed by atoms with Crippen molar-refractivity contribution in [2.75, 3.05) is 7.11 Å². The number of aryl methyl sites for hydroxylation is 1. The predicted molar refractivity (Wildman–Crippen MR) is 57.1 cm³/mol. The van der Waals surface area contributed by atoms with Crippen molar-refractivity contribution in [1.82, 2.24) is 9.55 Å².